The van der Waals surface area contributed by atoms with Gasteiger partial charge < -0.3 is 27.5 Å². The maximum Gasteiger partial charge on any atom is 0.147 e. The molecule has 0 aliphatic heterocycles. The highest BCUT2D eigenvalue weighted by Crippen LogP contribution is 2.49. The van der Waals surface area contributed by atoms with Crippen molar-refractivity contribution >= 4 is 143 Å². The largest absolute Gasteiger partial charge is 0.456 e. The van der Waals surface area contributed by atoms with Gasteiger partial charge in [0.05, 0.1) is 16.8 Å². The Bertz CT molecular complexity index is 4970. The van der Waals surface area contributed by atoms with E-state index in [1.54, 1.807) is 0 Å². The second-order valence-corrected chi connectivity index (χ2v) is 22.2. The Morgan fingerprint density at radius 3 is 1.26 bits per heavy atom. The maximum absolute atomic E-state index is 7.02. The number of benzene rings is 11. The first-order chi connectivity index (χ1) is 37.9. The number of furan rings is 4. The molecule has 15 aromatic rings. The molecular weight excluding hydrogens is 957 g/mol. The molecule has 0 aliphatic rings. The summed E-state index contributed by atoms with van der Waals surface area (Å²) in [6.45, 7) is 17.8. The molecule has 0 N–H and O–H groups in total. The van der Waals surface area contributed by atoms with Crippen LogP contribution in [-0.2, 0) is 0 Å². The zero-order valence-electron chi connectivity index (χ0n) is 45.0. The Morgan fingerprint density at radius 1 is 0.308 bits per heavy atom. The lowest BCUT2D eigenvalue weighted by Crippen LogP contribution is -2.13. The predicted octanol–water partition coefficient (Wildman–Crippen LogP) is 22.0. The van der Waals surface area contributed by atoms with E-state index in [1.165, 1.54) is 22.3 Å². The summed E-state index contributed by atoms with van der Waals surface area (Å²) in [6.07, 6.45) is 0. The molecule has 0 amide bonds. The van der Waals surface area contributed by atoms with Gasteiger partial charge in [0.25, 0.3) is 0 Å². The van der Waals surface area contributed by atoms with E-state index in [-0.39, 0.29) is 0 Å². The Labute approximate surface area is 451 Å². The standard InChI is InChI=1S/C72H56N2O4/c1-39(2)45-17-23-51(24-18-45)73(70-41(5)31-65-67(43(70)7)56-13-9-11-15-60(56)75-65)53-27-21-47-35-58-55-29-30-62-69(72(55)78-63(58)37-49(47)33-53)59-36-48-22-28-54(34-50(48)38-64(59)77-62)74(52-25-19-46(20-26-52)40(3)4)71-42(6)32-66-68(44(71)8)57-14-10-12-16-61(57)76-66/h9-40H,1-8H3. The smallest absolute Gasteiger partial charge is 0.147 e. The number of hydrogen-bond donors (Lipinski definition) is 0. The minimum absolute atomic E-state index is 0.423. The Kier molecular flexibility index (Phi) is 10.1. The van der Waals surface area contributed by atoms with Gasteiger partial charge in [-0.15, -0.1) is 0 Å². The highest BCUT2D eigenvalue weighted by molar-refractivity contribution is 6.24. The first kappa shape index (κ1) is 46.1. The molecule has 0 saturated carbocycles. The van der Waals surface area contributed by atoms with Crippen molar-refractivity contribution in [3.63, 3.8) is 0 Å². The summed E-state index contributed by atoms with van der Waals surface area (Å²) in [4.78, 5) is 4.83. The van der Waals surface area contributed by atoms with E-state index in [0.29, 0.717) is 11.8 Å². The van der Waals surface area contributed by atoms with Crippen molar-refractivity contribution in [1.82, 2.24) is 0 Å². The molecule has 0 unspecified atom stereocenters. The molecule has 0 bridgehead atoms. The highest BCUT2D eigenvalue weighted by Gasteiger charge is 2.26. The number of rotatable bonds is 8. The summed E-state index contributed by atoms with van der Waals surface area (Å²) in [7, 11) is 0. The van der Waals surface area contributed by atoms with E-state index >= 15 is 0 Å². The molecule has 378 valence electrons. The van der Waals surface area contributed by atoms with Crippen molar-refractivity contribution in [1.29, 1.82) is 0 Å². The van der Waals surface area contributed by atoms with Crippen LogP contribution in [-0.4, -0.2) is 0 Å². The highest BCUT2D eigenvalue weighted by atomic mass is 16.3. The van der Waals surface area contributed by atoms with Gasteiger partial charge in [0.15, 0.2) is 0 Å². The summed E-state index contributed by atoms with van der Waals surface area (Å²) < 4.78 is 26.6. The predicted molar refractivity (Wildman–Crippen MR) is 327 cm³/mol. The third-order valence-electron chi connectivity index (χ3n) is 16.7. The van der Waals surface area contributed by atoms with Crippen LogP contribution in [0.4, 0.5) is 34.1 Å². The molecule has 6 nitrogen and oxygen atoms in total. The lowest BCUT2D eigenvalue weighted by atomic mass is 9.98. The first-order valence-electron chi connectivity index (χ1n) is 27.3. The van der Waals surface area contributed by atoms with Crippen LogP contribution in [0.1, 0.15) is 72.9 Å². The lowest BCUT2D eigenvalue weighted by Gasteiger charge is -2.29. The molecule has 0 saturated heterocycles. The van der Waals surface area contributed by atoms with Gasteiger partial charge in [-0.1, -0.05) is 100 Å². The summed E-state index contributed by atoms with van der Waals surface area (Å²) in [5.74, 6) is 0.847. The monoisotopic (exact) mass is 1010 g/mol. The van der Waals surface area contributed by atoms with Crippen LogP contribution in [0, 0.1) is 27.7 Å². The molecule has 0 fully saturated rings. The van der Waals surface area contributed by atoms with Gasteiger partial charge in [-0.2, -0.15) is 0 Å². The minimum Gasteiger partial charge on any atom is -0.456 e. The Balaban J connectivity index is 0.860. The molecule has 0 aliphatic carbocycles. The van der Waals surface area contributed by atoms with Crippen LogP contribution in [0.3, 0.4) is 0 Å². The molecule has 78 heavy (non-hydrogen) atoms. The molecule has 0 spiro atoms. The van der Waals surface area contributed by atoms with E-state index in [9.17, 15) is 0 Å². The zero-order chi connectivity index (χ0) is 52.8. The van der Waals surface area contributed by atoms with Crippen LogP contribution >= 0.6 is 0 Å². The van der Waals surface area contributed by atoms with Gasteiger partial charge in [-0.25, -0.2) is 0 Å². The van der Waals surface area contributed by atoms with Crippen LogP contribution in [0.15, 0.2) is 200 Å². The fraction of sp³-hybridized carbons (Fsp3) is 0.139. The summed E-state index contributed by atoms with van der Waals surface area (Å²) in [6, 6.07) is 66.0. The number of fused-ring (bicyclic) bond motifs is 15. The van der Waals surface area contributed by atoms with Gasteiger partial charge in [0, 0.05) is 60.5 Å². The topological polar surface area (TPSA) is 59.0 Å². The van der Waals surface area contributed by atoms with Crippen LogP contribution in [0.5, 0.6) is 0 Å². The van der Waals surface area contributed by atoms with Gasteiger partial charge in [0.2, 0.25) is 0 Å². The third-order valence-corrected chi connectivity index (χ3v) is 16.7. The third kappa shape index (κ3) is 6.95. The SMILES string of the molecule is Cc1cc2oc3ccccc3c2c(C)c1N(c1ccc(C(C)C)cc1)c1ccc2cc3c(cc2c1)oc1c3ccc2oc3cc4cc(N(c5ccc(C(C)C)cc5)c5c(C)cc6oc7ccccc7c6c5C)ccc4cc3c21. The number of hydrogen-bond acceptors (Lipinski definition) is 6. The number of aryl methyl sites for hydroxylation is 4. The normalized spacial score (nSPS) is 12.3. The molecule has 11 aromatic carbocycles. The van der Waals surface area contributed by atoms with Crippen molar-refractivity contribution in [2.45, 2.75) is 67.2 Å². The molecule has 4 aromatic heterocycles. The van der Waals surface area contributed by atoms with Crippen molar-refractivity contribution in [3.8, 4) is 0 Å². The Morgan fingerprint density at radius 2 is 0.756 bits per heavy atom. The summed E-state index contributed by atoms with van der Waals surface area (Å²) in [5, 5.41) is 13.1. The van der Waals surface area contributed by atoms with E-state index < -0.39 is 0 Å². The molecule has 0 atom stereocenters. The van der Waals surface area contributed by atoms with E-state index in [4.69, 9.17) is 17.7 Å². The van der Waals surface area contributed by atoms with Crippen molar-refractivity contribution in [2.75, 3.05) is 9.80 Å². The summed E-state index contributed by atoms with van der Waals surface area (Å²) in [5.41, 5.74) is 20.7. The van der Waals surface area contributed by atoms with E-state index in [2.05, 4.69) is 235 Å². The lowest BCUT2D eigenvalue weighted by molar-refractivity contribution is 0.663. The average Bonchev–Trinajstić information content (AvgIpc) is 4.30. The Hall–Kier alpha value is -9.26. The fourth-order valence-electron chi connectivity index (χ4n) is 12.8. The fourth-order valence-corrected chi connectivity index (χ4v) is 12.8. The maximum atomic E-state index is 7.02. The number of para-hydroxylation sites is 2. The minimum atomic E-state index is 0.423. The van der Waals surface area contributed by atoms with Gasteiger partial charge in [-0.3, -0.25) is 0 Å². The second kappa shape index (κ2) is 17.1. The molecule has 0 radical (unpaired) electrons. The first-order valence-corrected chi connectivity index (χ1v) is 27.3. The van der Waals surface area contributed by atoms with Crippen LogP contribution in [0.2, 0.25) is 0 Å². The molecular formula is C72H56N2O4. The number of nitrogens with zero attached hydrogens (tertiary/aromatic N) is 2. The number of anilines is 6. The van der Waals surface area contributed by atoms with Crippen molar-refractivity contribution in [3.05, 3.63) is 215 Å². The van der Waals surface area contributed by atoms with Crippen molar-refractivity contribution in [2.24, 2.45) is 0 Å². The molecule has 15 rings (SSSR count). The van der Waals surface area contributed by atoms with Crippen LogP contribution in [0.25, 0.3) is 109 Å². The van der Waals surface area contributed by atoms with Crippen LogP contribution < -0.4 is 9.80 Å². The quantitative estimate of drug-likeness (QED) is 0.151. The average molecular weight is 1010 g/mol. The molecule has 6 heteroatoms. The van der Waals surface area contributed by atoms with E-state index in [1.807, 2.05) is 12.1 Å². The van der Waals surface area contributed by atoms with E-state index in [0.717, 1.165) is 155 Å². The van der Waals surface area contributed by atoms with Gasteiger partial charge in [-0.05, 0) is 204 Å². The zero-order valence-corrected chi connectivity index (χ0v) is 45.0. The van der Waals surface area contributed by atoms with Gasteiger partial charge >= 0.3 is 0 Å². The van der Waals surface area contributed by atoms with Gasteiger partial charge in [0.1, 0.15) is 44.7 Å². The molecule has 4 heterocycles. The summed E-state index contributed by atoms with van der Waals surface area (Å²) >= 11 is 0. The second-order valence-electron chi connectivity index (χ2n) is 22.2. The van der Waals surface area contributed by atoms with Crippen molar-refractivity contribution < 1.29 is 17.7 Å².